The van der Waals surface area contributed by atoms with Crippen molar-refractivity contribution in [3.05, 3.63) is 29.8 Å². The number of rotatable bonds is 2. The van der Waals surface area contributed by atoms with E-state index >= 15 is 0 Å². The fourth-order valence-electron chi connectivity index (χ4n) is 3.82. The number of benzene rings is 1. The van der Waals surface area contributed by atoms with E-state index < -0.39 is 23.3 Å². The maximum atomic E-state index is 12.5. The van der Waals surface area contributed by atoms with Gasteiger partial charge in [-0.1, -0.05) is 0 Å². The van der Waals surface area contributed by atoms with Gasteiger partial charge in [-0.15, -0.1) is 0 Å². The van der Waals surface area contributed by atoms with E-state index in [1.165, 1.54) is 26.3 Å². The Labute approximate surface area is 133 Å². The number of fused-ring (bicyclic) bond motifs is 1. The fraction of sp³-hybridized carbons (Fsp3) is 0.438. The number of likely N-dealkylation sites (tertiary alicyclic amines) is 1. The van der Waals surface area contributed by atoms with Gasteiger partial charge >= 0.3 is 5.97 Å². The molecule has 23 heavy (non-hydrogen) atoms. The quantitative estimate of drug-likeness (QED) is 0.547. The van der Waals surface area contributed by atoms with Crippen LogP contribution in [0.1, 0.15) is 18.5 Å². The van der Waals surface area contributed by atoms with E-state index in [2.05, 4.69) is 0 Å². The fourth-order valence-corrected chi connectivity index (χ4v) is 3.82. The number of hydrogen-bond donors (Lipinski definition) is 2. The van der Waals surface area contributed by atoms with Crippen molar-refractivity contribution in [3.63, 3.8) is 0 Å². The lowest BCUT2D eigenvalue weighted by Crippen LogP contribution is -2.97. The zero-order chi connectivity index (χ0) is 16.9. The van der Waals surface area contributed by atoms with Crippen LogP contribution in [0, 0.1) is 11.8 Å². The number of phenols is 1. The Morgan fingerprint density at radius 3 is 2.43 bits per heavy atom. The first-order chi connectivity index (χ1) is 10.8. The lowest BCUT2D eigenvalue weighted by molar-refractivity contribution is -0.731. The molecule has 7 heteroatoms. The first-order valence-electron chi connectivity index (χ1n) is 7.36. The van der Waals surface area contributed by atoms with E-state index in [9.17, 15) is 19.5 Å². The van der Waals surface area contributed by atoms with Gasteiger partial charge in [0.05, 0.1) is 7.11 Å². The summed E-state index contributed by atoms with van der Waals surface area (Å²) in [7, 11) is 2.71. The molecule has 0 aromatic heterocycles. The van der Waals surface area contributed by atoms with Gasteiger partial charge in [0.25, 0.3) is 0 Å². The molecule has 2 heterocycles. The molecule has 2 aliphatic rings. The minimum absolute atomic E-state index is 0.116. The number of hydrogen-bond acceptors (Lipinski definition) is 5. The second kappa shape index (κ2) is 5.06. The number of methoxy groups -OCH3 is 1. The highest BCUT2D eigenvalue weighted by atomic mass is 16.5. The molecule has 122 valence electrons. The van der Waals surface area contributed by atoms with Crippen LogP contribution in [0.3, 0.4) is 0 Å². The Kier molecular flexibility index (Phi) is 3.40. The molecule has 7 nitrogen and oxygen atoms in total. The van der Waals surface area contributed by atoms with E-state index in [1.807, 2.05) is 0 Å². The average Bonchev–Trinajstić information content (AvgIpc) is 2.97. The monoisotopic (exact) mass is 319 g/mol. The van der Waals surface area contributed by atoms with Crippen molar-refractivity contribution in [2.24, 2.45) is 11.8 Å². The molecule has 3 N–H and O–H groups in total. The van der Waals surface area contributed by atoms with Crippen molar-refractivity contribution < 1.29 is 29.5 Å². The van der Waals surface area contributed by atoms with E-state index in [-0.39, 0.29) is 23.6 Å². The Morgan fingerprint density at radius 2 is 1.87 bits per heavy atom. The number of aromatic hydroxyl groups is 1. The Hall–Kier alpha value is -2.41. The lowest BCUT2D eigenvalue weighted by Gasteiger charge is -2.24. The van der Waals surface area contributed by atoms with E-state index in [1.54, 1.807) is 24.4 Å². The summed E-state index contributed by atoms with van der Waals surface area (Å²) in [5.41, 5.74) is -0.374. The van der Waals surface area contributed by atoms with Crippen molar-refractivity contribution in [2.45, 2.75) is 18.5 Å². The van der Waals surface area contributed by atoms with Gasteiger partial charge in [0, 0.05) is 19.5 Å². The zero-order valence-corrected chi connectivity index (χ0v) is 13.1. The minimum Gasteiger partial charge on any atom is -0.508 e. The minimum atomic E-state index is -1.15. The number of ether oxygens (including phenoxy) is 1. The number of nitrogens with zero attached hydrogens (tertiary/aromatic N) is 1. The smallest absolute Gasteiger partial charge is 0.368 e. The maximum absolute atomic E-state index is 12.5. The van der Waals surface area contributed by atoms with Crippen LogP contribution in [0.4, 0.5) is 0 Å². The average molecular weight is 319 g/mol. The summed E-state index contributed by atoms with van der Waals surface area (Å²) in [6.45, 7) is 1.64. The van der Waals surface area contributed by atoms with Gasteiger partial charge in [0.1, 0.15) is 23.6 Å². The van der Waals surface area contributed by atoms with Crippen LogP contribution in [-0.2, 0) is 19.1 Å². The molecule has 0 bridgehead atoms. The van der Waals surface area contributed by atoms with Gasteiger partial charge in [0.2, 0.25) is 17.4 Å². The SMILES string of the molecule is COC(=O)[C@]1(C)[NH2+][C@@H](c2ccc(O)cc2)[C@H]2C(=O)N(C)C(=O)[C@@H]21. The van der Waals surface area contributed by atoms with Crippen LogP contribution in [0.25, 0.3) is 0 Å². The second-order valence-corrected chi connectivity index (χ2v) is 6.30. The molecular formula is C16H19N2O5+. The van der Waals surface area contributed by atoms with Gasteiger partial charge in [-0.25, -0.2) is 4.79 Å². The van der Waals surface area contributed by atoms with Gasteiger partial charge in [-0.3, -0.25) is 14.5 Å². The van der Waals surface area contributed by atoms with E-state index in [4.69, 9.17) is 4.74 Å². The largest absolute Gasteiger partial charge is 0.508 e. The van der Waals surface area contributed by atoms with Crippen LogP contribution < -0.4 is 5.32 Å². The third-order valence-electron chi connectivity index (χ3n) is 5.03. The molecule has 1 aromatic rings. The number of nitrogens with two attached hydrogens (primary N) is 1. The highest BCUT2D eigenvalue weighted by molar-refractivity contribution is 6.08. The number of carbonyl (C=O) groups excluding carboxylic acids is 3. The normalized spacial score (nSPS) is 33.0. The summed E-state index contributed by atoms with van der Waals surface area (Å²) in [4.78, 5) is 38.4. The van der Waals surface area contributed by atoms with Gasteiger partial charge in [0.15, 0.2) is 0 Å². The molecule has 2 saturated heterocycles. The molecule has 0 spiro atoms. The molecule has 0 unspecified atom stereocenters. The number of quaternary nitrogens is 1. The predicted molar refractivity (Wildman–Crippen MR) is 78.0 cm³/mol. The van der Waals surface area contributed by atoms with E-state index in [0.29, 0.717) is 0 Å². The maximum Gasteiger partial charge on any atom is 0.368 e. The van der Waals surface area contributed by atoms with Crippen molar-refractivity contribution in [2.75, 3.05) is 14.2 Å². The number of carbonyl (C=O) groups is 3. The number of imide groups is 1. The first-order valence-corrected chi connectivity index (χ1v) is 7.36. The molecule has 0 saturated carbocycles. The molecular weight excluding hydrogens is 300 g/mol. The van der Waals surface area contributed by atoms with Crippen molar-refractivity contribution in [1.82, 2.24) is 4.90 Å². The number of esters is 1. The van der Waals surface area contributed by atoms with Crippen LogP contribution in [-0.4, -0.2) is 47.5 Å². The van der Waals surface area contributed by atoms with Crippen molar-refractivity contribution in [3.8, 4) is 5.75 Å². The summed E-state index contributed by atoms with van der Waals surface area (Å²) in [5, 5.41) is 11.2. The van der Waals surface area contributed by atoms with Crippen LogP contribution in [0.5, 0.6) is 5.75 Å². The standard InChI is InChI=1S/C16H18N2O5/c1-16(15(22)23-3)11-10(13(20)18(2)14(11)21)12(17-16)8-4-6-9(19)7-5-8/h4-7,10-12,17,19H,1-3H3/p+1/t10-,11+,12-,16+/m0/s1. The summed E-state index contributed by atoms with van der Waals surface area (Å²) >= 11 is 0. The summed E-state index contributed by atoms with van der Waals surface area (Å²) in [6.07, 6.45) is 0. The molecule has 2 aliphatic heterocycles. The van der Waals surface area contributed by atoms with Crippen molar-refractivity contribution >= 4 is 17.8 Å². The van der Waals surface area contributed by atoms with Crippen LogP contribution in [0.15, 0.2) is 24.3 Å². The van der Waals surface area contributed by atoms with Crippen molar-refractivity contribution in [1.29, 1.82) is 0 Å². The van der Waals surface area contributed by atoms with E-state index in [0.717, 1.165) is 10.5 Å². The molecule has 4 atom stereocenters. The predicted octanol–water partition coefficient (Wildman–Crippen LogP) is -0.827. The summed E-state index contributed by atoms with van der Waals surface area (Å²) < 4.78 is 4.88. The molecule has 0 radical (unpaired) electrons. The van der Waals surface area contributed by atoms with Gasteiger partial charge < -0.3 is 15.2 Å². The number of amides is 2. The third-order valence-corrected chi connectivity index (χ3v) is 5.03. The van der Waals surface area contributed by atoms with Gasteiger partial charge in [-0.2, -0.15) is 0 Å². The van der Waals surface area contributed by atoms with Crippen LogP contribution >= 0.6 is 0 Å². The van der Waals surface area contributed by atoms with Crippen LogP contribution in [0.2, 0.25) is 0 Å². The lowest BCUT2D eigenvalue weighted by atomic mass is 9.80. The number of phenolic OH excluding ortho intramolecular Hbond substituents is 1. The van der Waals surface area contributed by atoms with Gasteiger partial charge in [-0.05, 0) is 24.3 Å². The highest BCUT2D eigenvalue weighted by Crippen LogP contribution is 2.43. The third kappa shape index (κ3) is 2.03. The molecule has 3 rings (SSSR count). The second-order valence-electron chi connectivity index (χ2n) is 6.30. The highest BCUT2D eigenvalue weighted by Gasteiger charge is 2.70. The Morgan fingerprint density at radius 1 is 1.26 bits per heavy atom. The summed E-state index contributed by atoms with van der Waals surface area (Å²) in [5.74, 6) is -2.44. The molecule has 0 aliphatic carbocycles. The molecule has 1 aromatic carbocycles. The Balaban J connectivity index is 2.09. The molecule has 2 amide bonds. The Bertz CT molecular complexity index is 686. The summed E-state index contributed by atoms with van der Waals surface area (Å²) in [6, 6.07) is 6.07. The first kappa shape index (κ1) is 15.5. The zero-order valence-electron chi connectivity index (χ0n) is 13.1. The topological polar surface area (TPSA) is 101 Å². The molecule has 2 fully saturated rings.